The van der Waals surface area contributed by atoms with E-state index < -0.39 is 0 Å². The number of hydrogen-bond acceptors (Lipinski definition) is 8. The summed E-state index contributed by atoms with van der Waals surface area (Å²) in [7, 11) is 0. The Balaban J connectivity index is 3.36. The molecule has 11 heteroatoms. The van der Waals surface area contributed by atoms with Crippen LogP contribution < -0.4 is 16.0 Å². The number of ether oxygens (including phenoxy) is 4. The highest BCUT2D eigenvalue weighted by atomic mass is 16.5. The van der Waals surface area contributed by atoms with Crippen molar-refractivity contribution >= 4 is 23.5 Å². The van der Waals surface area contributed by atoms with Gasteiger partial charge < -0.3 is 34.9 Å². The molecule has 0 fully saturated rings. The standard InChI is InChI=1S/C25H47N3O8/c1-4-5-9-23(30)27-11-13-33-15-18-36-20-25(32)28-12-14-34-16-17-35-19-24(31)26-10-7-6-8-21(2)22(3)29/h21H,4-20H2,1-3H3,(H,26,31)(H,27,30)(H,28,32)/t21-/m0/s1. The quantitative estimate of drug-likeness (QED) is 0.152. The van der Waals surface area contributed by atoms with Crippen molar-refractivity contribution in [3.05, 3.63) is 0 Å². The van der Waals surface area contributed by atoms with Gasteiger partial charge in [0.2, 0.25) is 17.7 Å². The summed E-state index contributed by atoms with van der Waals surface area (Å²) in [6.45, 7) is 8.81. The zero-order valence-electron chi connectivity index (χ0n) is 22.4. The average Bonchev–Trinajstić information content (AvgIpc) is 2.85. The van der Waals surface area contributed by atoms with E-state index in [2.05, 4.69) is 16.0 Å². The highest BCUT2D eigenvalue weighted by Crippen LogP contribution is 2.07. The highest BCUT2D eigenvalue weighted by Gasteiger charge is 2.07. The van der Waals surface area contributed by atoms with Gasteiger partial charge in [-0.05, 0) is 26.2 Å². The van der Waals surface area contributed by atoms with Crippen molar-refractivity contribution in [3.63, 3.8) is 0 Å². The molecule has 0 spiro atoms. The summed E-state index contributed by atoms with van der Waals surface area (Å²) in [5.41, 5.74) is 0. The number of hydrogen-bond donors (Lipinski definition) is 3. The minimum atomic E-state index is -0.245. The lowest BCUT2D eigenvalue weighted by molar-refractivity contribution is -0.127. The smallest absolute Gasteiger partial charge is 0.246 e. The first-order valence-corrected chi connectivity index (χ1v) is 13.0. The van der Waals surface area contributed by atoms with Gasteiger partial charge in [0.05, 0.1) is 39.6 Å². The predicted molar refractivity (Wildman–Crippen MR) is 136 cm³/mol. The first kappa shape index (κ1) is 33.9. The maximum atomic E-state index is 11.7. The van der Waals surface area contributed by atoms with Crippen LogP contribution in [0.25, 0.3) is 0 Å². The van der Waals surface area contributed by atoms with Crippen molar-refractivity contribution in [2.45, 2.75) is 59.3 Å². The number of nitrogens with one attached hydrogen (secondary N) is 3. The molecule has 0 aliphatic rings. The predicted octanol–water partition coefficient (Wildman–Crippen LogP) is 0.987. The van der Waals surface area contributed by atoms with E-state index in [0.29, 0.717) is 52.5 Å². The molecule has 0 unspecified atom stereocenters. The Labute approximate surface area is 215 Å². The molecule has 36 heavy (non-hydrogen) atoms. The Bertz CT molecular complexity index is 604. The van der Waals surface area contributed by atoms with Crippen LogP contribution in [0.15, 0.2) is 0 Å². The molecule has 0 radical (unpaired) electrons. The second-order valence-electron chi connectivity index (χ2n) is 8.49. The van der Waals surface area contributed by atoms with Gasteiger partial charge in [-0.15, -0.1) is 0 Å². The van der Waals surface area contributed by atoms with E-state index in [-0.39, 0.29) is 55.9 Å². The van der Waals surface area contributed by atoms with Crippen molar-refractivity contribution in [3.8, 4) is 0 Å². The molecule has 11 nitrogen and oxygen atoms in total. The van der Waals surface area contributed by atoms with Crippen LogP contribution >= 0.6 is 0 Å². The number of amides is 3. The van der Waals surface area contributed by atoms with Gasteiger partial charge in [-0.3, -0.25) is 19.2 Å². The van der Waals surface area contributed by atoms with E-state index >= 15 is 0 Å². The summed E-state index contributed by atoms with van der Waals surface area (Å²) >= 11 is 0. The highest BCUT2D eigenvalue weighted by molar-refractivity contribution is 5.78. The van der Waals surface area contributed by atoms with Crippen molar-refractivity contribution in [1.29, 1.82) is 0 Å². The number of carbonyl (C=O) groups excluding carboxylic acids is 4. The summed E-state index contributed by atoms with van der Waals surface area (Å²) in [5.74, 6) is -0.121. The molecular formula is C25H47N3O8. The normalized spacial score (nSPS) is 11.6. The topological polar surface area (TPSA) is 141 Å². The maximum Gasteiger partial charge on any atom is 0.246 e. The first-order chi connectivity index (χ1) is 17.4. The molecule has 0 rings (SSSR count). The zero-order valence-corrected chi connectivity index (χ0v) is 22.4. The van der Waals surface area contributed by atoms with E-state index in [1.54, 1.807) is 6.92 Å². The fourth-order valence-electron chi connectivity index (χ4n) is 2.83. The summed E-state index contributed by atoms with van der Waals surface area (Å²) in [4.78, 5) is 45.9. The van der Waals surface area contributed by atoms with Gasteiger partial charge in [0.25, 0.3) is 0 Å². The molecule has 0 aliphatic heterocycles. The molecule has 0 aromatic heterocycles. The largest absolute Gasteiger partial charge is 0.377 e. The van der Waals surface area contributed by atoms with E-state index in [4.69, 9.17) is 18.9 Å². The fraction of sp³-hybridized carbons (Fsp3) is 0.840. The van der Waals surface area contributed by atoms with E-state index in [9.17, 15) is 19.2 Å². The molecule has 0 saturated carbocycles. The molecule has 1 atom stereocenters. The molecule has 0 bridgehead atoms. The Kier molecular flexibility index (Phi) is 23.2. The van der Waals surface area contributed by atoms with E-state index in [1.807, 2.05) is 13.8 Å². The molecule has 0 heterocycles. The molecular weight excluding hydrogens is 470 g/mol. The third-order valence-electron chi connectivity index (χ3n) is 5.18. The SMILES string of the molecule is CCCCC(=O)NCCOCCOCC(=O)NCCOCCOCC(=O)NCCCC[C@H](C)C(C)=O. The number of unbranched alkanes of at least 4 members (excludes halogenated alkanes) is 2. The van der Waals surface area contributed by atoms with Crippen LogP contribution in [0.3, 0.4) is 0 Å². The summed E-state index contributed by atoms with van der Waals surface area (Å²) < 4.78 is 21.2. The fourth-order valence-corrected chi connectivity index (χ4v) is 2.83. The van der Waals surface area contributed by atoms with Gasteiger partial charge in [-0.2, -0.15) is 0 Å². The monoisotopic (exact) mass is 517 g/mol. The van der Waals surface area contributed by atoms with Crippen LogP contribution in [0.5, 0.6) is 0 Å². The second-order valence-corrected chi connectivity index (χ2v) is 8.49. The molecule has 0 saturated heterocycles. The third-order valence-corrected chi connectivity index (χ3v) is 5.18. The third kappa shape index (κ3) is 23.7. The summed E-state index contributed by atoms with van der Waals surface area (Å²) in [5, 5.41) is 8.24. The van der Waals surface area contributed by atoms with E-state index in [0.717, 1.165) is 32.1 Å². The lowest BCUT2D eigenvalue weighted by atomic mass is 10.0. The van der Waals surface area contributed by atoms with Crippen LogP contribution in [-0.4, -0.2) is 96.0 Å². The Morgan fingerprint density at radius 3 is 1.67 bits per heavy atom. The Hall–Kier alpha value is -2.08. The molecule has 3 amide bonds. The van der Waals surface area contributed by atoms with Gasteiger partial charge in [0.15, 0.2) is 0 Å². The lowest BCUT2D eigenvalue weighted by Crippen LogP contribution is -2.31. The minimum absolute atomic E-state index is 0.0292. The van der Waals surface area contributed by atoms with E-state index in [1.165, 1.54) is 0 Å². The van der Waals surface area contributed by atoms with Gasteiger partial charge in [-0.25, -0.2) is 0 Å². The van der Waals surface area contributed by atoms with Crippen molar-refractivity contribution in [1.82, 2.24) is 16.0 Å². The average molecular weight is 518 g/mol. The van der Waals surface area contributed by atoms with Crippen molar-refractivity contribution in [2.75, 3.05) is 72.5 Å². The maximum absolute atomic E-state index is 11.7. The van der Waals surface area contributed by atoms with Crippen LogP contribution in [0, 0.1) is 5.92 Å². The summed E-state index contributed by atoms with van der Waals surface area (Å²) in [6.07, 6.45) is 4.98. The van der Waals surface area contributed by atoms with Gasteiger partial charge in [0.1, 0.15) is 19.0 Å². The van der Waals surface area contributed by atoms with Gasteiger partial charge in [-0.1, -0.05) is 26.7 Å². The van der Waals surface area contributed by atoms with Crippen LogP contribution in [0.2, 0.25) is 0 Å². The molecule has 0 aromatic rings. The van der Waals surface area contributed by atoms with Crippen LogP contribution in [0.1, 0.15) is 59.3 Å². The first-order valence-electron chi connectivity index (χ1n) is 13.0. The Morgan fingerprint density at radius 2 is 1.14 bits per heavy atom. The van der Waals surface area contributed by atoms with Crippen molar-refractivity contribution < 1.29 is 38.1 Å². The number of carbonyl (C=O) groups is 4. The van der Waals surface area contributed by atoms with Gasteiger partial charge >= 0.3 is 0 Å². The van der Waals surface area contributed by atoms with Crippen molar-refractivity contribution in [2.24, 2.45) is 5.92 Å². The molecule has 0 aromatic carbocycles. The van der Waals surface area contributed by atoms with Gasteiger partial charge in [0, 0.05) is 32.0 Å². The second kappa shape index (κ2) is 24.6. The lowest BCUT2D eigenvalue weighted by Gasteiger charge is -2.09. The zero-order chi connectivity index (χ0) is 26.9. The number of ketones is 1. The van der Waals surface area contributed by atoms with Crippen LogP contribution in [-0.2, 0) is 38.1 Å². The summed E-state index contributed by atoms with van der Waals surface area (Å²) in [6, 6.07) is 0. The minimum Gasteiger partial charge on any atom is -0.377 e. The molecule has 210 valence electrons. The molecule has 0 aliphatic carbocycles. The Morgan fingerprint density at radius 1 is 0.639 bits per heavy atom. The van der Waals surface area contributed by atoms with Crippen LogP contribution in [0.4, 0.5) is 0 Å². The molecule has 3 N–H and O–H groups in total. The number of Topliss-reactive ketones (excluding diaryl/α,β-unsaturated/α-hetero) is 1. The number of rotatable bonds is 25.